The molecule has 0 amide bonds. The lowest BCUT2D eigenvalue weighted by Crippen LogP contribution is -2.11. The smallest absolute Gasteiger partial charge is 0.291 e. The van der Waals surface area contributed by atoms with Gasteiger partial charge in [-0.25, -0.2) is 60.2 Å². The first kappa shape index (κ1) is 107. The van der Waals surface area contributed by atoms with E-state index < -0.39 is 47.5 Å². The van der Waals surface area contributed by atoms with Crippen LogP contribution in [0.3, 0.4) is 0 Å². The monoisotopic (exact) mass is 1810 g/mol. The van der Waals surface area contributed by atoms with Gasteiger partial charge >= 0.3 is 0 Å². The second kappa shape index (κ2) is 62.4. The van der Waals surface area contributed by atoms with Gasteiger partial charge in [-0.2, -0.15) is 9.97 Å². The van der Waals surface area contributed by atoms with Crippen molar-refractivity contribution in [3.05, 3.63) is 312 Å². The summed E-state index contributed by atoms with van der Waals surface area (Å²) in [5.41, 5.74) is 20.6. The standard InChI is InChI=1S/C19H19F2N5O2S.C13H12ClF2N3.C9H10FNO2.C9H12FN.C9H11F.C9H12O.C6H8N2O2S.C4HCl2FN2.CH2Cl2.CH4.HNO3/c20-11-1-2-13-3-5-14(6-4-13)24-18-17(21)12-23-19(26-18)25-15-7-9-16(10-8-15)29(22,27)28;14-13-17-8-11(16)12(19-13)18-10-5-3-9(4-6-10)2-1-7-15;10-7-1-2-8-3-5-9(6-4-8)11(12)13;10-7-1-2-8-3-5-9(11)6-4-8;2*10-8-4-7-9-5-2-1-3-6-9;7-5-1-3-6(4-2-5)11(8,9)10;5-3-2(7)1-8-4(6)9-3;2-1-3;;2-1(3)4/h3-10,12H,1-2,11H2,(H2,22,27,28)(H2,23,24,25,26);3-6,8H,1-2,7H2,(H,17,18,19);3-6H,1-2,7H2;3-6H,1-2,7,11H2;1-3,5-6H,4,7-8H2;1-3,5-6,10H,4,7-8H2;1-4H,7H2,(H2,8,9,10);1H;1H2;1H4;(H,2,3,4). The number of aromatic nitrogens is 6. The second-order valence-corrected chi connectivity index (χ2v) is 28.7. The Hall–Kier alpha value is -10.7. The van der Waals surface area contributed by atoms with Gasteiger partial charge in [0.25, 0.3) is 10.8 Å². The van der Waals surface area contributed by atoms with E-state index in [1.54, 1.807) is 36.4 Å². The van der Waals surface area contributed by atoms with Crippen LogP contribution in [0.25, 0.3) is 0 Å². The molecule has 40 heteroatoms. The van der Waals surface area contributed by atoms with Gasteiger partial charge in [0.2, 0.25) is 36.6 Å². The van der Waals surface area contributed by atoms with Gasteiger partial charge in [-0.1, -0.05) is 128 Å². The third-order valence-corrected chi connectivity index (χ3v) is 17.1. The number of benzene rings is 8. The van der Waals surface area contributed by atoms with Crippen LogP contribution >= 0.6 is 58.0 Å². The van der Waals surface area contributed by atoms with Gasteiger partial charge in [0.15, 0.2) is 34.2 Å². The van der Waals surface area contributed by atoms with Crippen LogP contribution in [-0.2, 0) is 58.6 Å². The van der Waals surface area contributed by atoms with E-state index in [2.05, 4.69) is 58.0 Å². The van der Waals surface area contributed by atoms with Crippen LogP contribution in [0.15, 0.2) is 235 Å². The molecule has 0 aliphatic heterocycles. The third kappa shape index (κ3) is 49.6. The fourth-order valence-electron chi connectivity index (χ4n) is 8.97. The van der Waals surface area contributed by atoms with Crippen molar-refractivity contribution in [2.24, 2.45) is 10.3 Å². The van der Waals surface area contributed by atoms with Crippen LogP contribution in [0.2, 0.25) is 15.7 Å². The molecule has 120 heavy (non-hydrogen) atoms. The molecular formula is C80H92Cl5F8N15O10S2. The molecule has 0 fully saturated rings. The lowest BCUT2D eigenvalue weighted by atomic mass is 10.1. The van der Waals surface area contributed by atoms with Gasteiger partial charge in [0.1, 0.15) is 0 Å². The van der Waals surface area contributed by atoms with Crippen molar-refractivity contribution in [3.63, 3.8) is 0 Å². The highest BCUT2D eigenvalue weighted by atomic mass is 35.5. The van der Waals surface area contributed by atoms with E-state index in [9.17, 15) is 62.1 Å². The number of halogens is 13. The number of nitrogen functional groups attached to an aromatic ring is 2. The molecule has 0 radical (unpaired) electrons. The van der Waals surface area contributed by atoms with Crippen molar-refractivity contribution in [2.45, 2.75) is 94.3 Å². The number of alkyl halides is 7. The van der Waals surface area contributed by atoms with E-state index in [0.29, 0.717) is 74.1 Å². The number of aliphatic hydroxyl groups excluding tert-OH is 1. The molecule has 650 valence electrons. The molecular weight excluding hydrogens is 1720 g/mol. The maximum atomic E-state index is 14.1. The molecule has 0 unspecified atom stereocenters. The van der Waals surface area contributed by atoms with Gasteiger partial charge in [0.05, 0.1) is 72.0 Å². The summed E-state index contributed by atoms with van der Waals surface area (Å²) in [6.45, 7) is -1.22. The average molecular weight is 1820 g/mol. The van der Waals surface area contributed by atoms with Crippen molar-refractivity contribution in [1.82, 2.24) is 29.9 Å². The highest BCUT2D eigenvalue weighted by Crippen LogP contribution is 2.24. The highest BCUT2D eigenvalue weighted by molar-refractivity contribution is 7.89. The minimum Gasteiger partial charge on any atom is -0.399 e. The van der Waals surface area contributed by atoms with Crippen molar-refractivity contribution in [3.8, 4) is 0 Å². The van der Waals surface area contributed by atoms with Gasteiger partial charge in [-0.3, -0.25) is 32.1 Å². The van der Waals surface area contributed by atoms with Crippen LogP contribution < -0.4 is 37.7 Å². The Labute approximate surface area is 716 Å². The van der Waals surface area contributed by atoms with E-state index in [1.165, 1.54) is 71.8 Å². The topological polar surface area (TPSA) is 413 Å². The summed E-state index contributed by atoms with van der Waals surface area (Å²) in [5, 5.41) is 50.8. The maximum Gasteiger partial charge on any atom is 0.291 e. The number of aliphatic hydroxyl groups is 1. The summed E-state index contributed by atoms with van der Waals surface area (Å²) in [5.74, 6) is -1.76. The van der Waals surface area contributed by atoms with Gasteiger partial charge in [-0.15, -0.1) is 33.3 Å². The Balaban J connectivity index is 0.000000701. The van der Waals surface area contributed by atoms with Crippen molar-refractivity contribution in [2.75, 3.05) is 72.7 Å². The minimum absolute atomic E-state index is 0. The Morgan fingerprint density at radius 3 is 1.02 bits per heavy atom. The molecule has 0 saturated heterocycles. The van der Waals surface area contributed by atoms with Crippen molar-refractivity contribution >= 4 is 130 Å². The van der Waals surface area contributed by atoms with Crippen LogP contribution in [0.1, 0.15) is 79.3 Å². The van der Waals surface area contributed by atoms with Gasteiger partial charge in [0, 0.05) is 47.2 Å². The Morgan fingerprint density at radius 2 is 0.692 bits per heavy atom. The minimum atomic E-state index is -3.79. The molecule has 0 spiro atoms. The molecule has 0 atom stereocenters. The number of nitrogens with two attached hydrogens (primary N) is 4. The molecule has 25 nitrogen and oxygen atoms in total. The predicted molar refractivity (Wildman–Crippen MR) is 460 cm³/mol. The van der Waals surface area contributed by atoms with Gasteiger partial charge < -0.3 is 37.7 Å². The summed E-state index contributed by atoms with van der Waals surface area (Å²) in [6, 6.07) is 59.8. The third-order valence-electron chi connectivity index (χ3n) is 14.6. The molecule has 0 aliphatic rings. The van der Waals surface area contributed by atoms with Crippen LogP contribution in [0, 0.1) is 37.7 Å². The summed E-state index contributed by atoms with van der Waals surface area (Å²) in [6.07, 6.45) is 11.1. The lowest BCUT2D eigenvalue weighted by Gasteiger charge is -2.10. The van der Waals surface area contributed by atoms with Gasteiger partial charge in [-0.05, 0) is 219 Å². The number of anilines is 8. The Kier molecular flexibility index (Phi) is 55.8. The zero-order chi connectivity index (χ0) is 88.4. The SMILES string of the molecule is C.ClCCl.FCCCc1ccc(Nc2nc(Cl)ncc2F)cc1.FCCCc1ccccc1.Fc1cnc(Cl)nc1Cl.NS(=O)(=O)c1ccc(Nc2ncc(F)c(Nc3ccc(CCCF)cc3)n2)cc1.Nc1ccc(CCCF)cc1.Nc1ccc(S(N)(=O)=O)cc1.O=[N+]([O-])O.O=[N+]([O-])c1ccc(CCCF)cc1.OCCCc1ccccc1. The summed E-state index contributed by atoms with van der Waals surface area (Å²) >= 11 is 25.6. The molecule has 0 saturated carbocycles. The molecule has 3 aromatic heterocycles. The van der Waals surface area contributed by atoms with Crippen LogP contribution in [0.5, 0.6) is 0 Å². The van der Waals surface area contributed by atoms with E-state index in [1.807, 2.05) is 97.1 Å². The molecule has 3 heterocycles. The molecule has 13 N–H and O–H groups in total. The number of nitro groups is 1. The first-order valence-corrected chi connectivity index (χ1v) is 40.7. The van der Waals surface area contributed by atoms with Crippen LogP contribution in [-0.4, -0.2) is 112 Å². The number of hydrogen-bond acceptors (Lipinski definition) is 20. The molecule has 0 aliphatic carbocycles. The highest BCUT2D eigenvalue weighted by Gasteiger charge is 2.13. The quantitative estimate of drug-likeness (QED) is 0.00439. The molecule has 11 aromatic rings. The first-order valence-electron chi connectivity index (χ1n) is 35.4. The molecule has 11 rings (SSSR count). The number of aryl methyl sites for hydroxylation is 6. The first-order chi connectivity index (χ1) is 56.8. The lowest BCUT2D eigenvalue weighted by molar-refractivity contribution is -0.742. The number of nitro benzene ring substituents is 1. The summed E-state index contributed by atoms with van der Waals surface area (Å²) < 4.78 is 143. The second-order valence-electron chi connectivity index (χ2n) is 23.7. The average Bonchev–Trinajstić information content (AvgIpc) is 0.841. The number of nitrogens with zero attached hydrogens (tertiary/aromatic N) is 8. The number of rotatable bonds is 27. The number of primary sulfonamides is 2. The van der Waals surface area contributed by atoms with E-state index in [-0.39, 0.29) is 102 Å². The fraction of sp³-hybridized carbons (Fsp3) is 0.250. The predicted octanol–water partition coefficient (Wildman–Crippen LogP) is 20.0. The molecule has 8 aromatic carbocycles. The van der Waals surface area contributed by atoms with E-state index in [0.717, 1.165) is 72.2 Å². The Morgan fingerprint density at radius 1 is 0.408 bits per heavy atom. The largest absolute Gasteiger partial charge is 0.399 e. The summed E-state index contributed by atoms with van der Waals surface area (Å²) in [7, 11) is -7.36. The molecule has 0 bridgehead atoms. The number of sulfonamides is 2. The normalized spacial score (nSPS) is 10.1. The van der Waals surface area contributed by atoms with Crippen molar-refractivity contribution < 1.29 is 72.3 Å². The van der Waals surface area contributed by atoms with E-state index in [4.69, 9.17) is 100 Å². The zero-order valence-electron chi connectivity index (χ0n) is 63.6. The number of nitrogens with one attached hydrogen (secondary N) is 3. The van der Waals surface area contributed by atoms with Crippen LogP contribution in [0.4, 0.5) is 86.8 Å². The Bertz CT molecular complexity index is 4830. The number of hydrogen-bond donors (Lipinski definition) is 9. The van der Waals surface area contributed by atoms with E-state index >= 15 is 0 Å². The number of non-ortho nitro benzene ring substituents is 1. The maximum absolute atomic E-state index is 14.1. The zero-order valence-corrected chi connectivity index (χ0v) is 69.0. The van der Waals surface area contributed by atoms with Crippen molar-refractivity contribution in [1.29, 1.82) is 0 Å². The fourth-order valence-corrected chi connectivity index (χ4v) is 10.4. The summed E-state index contributed by atoms with van der Waals surface area (Å²) in [4.78, 5) is 40.2.